The highest BCUT2D eigenvalue weighted by molar-refractivity contribution is 5.92. The second-order valence-electron chi connectivity index (χ2n) is 7.03. The first-order valence-corrected chi connectivity index (χ1v) is 9.33. The van der Waals surface area contributed by atoms with Gasteiger partial charge in [-0.3, -0.25) is 0 Å². The minimum atomic E-state index is -0.238. The average molecular weight is 353 g/mol. The Balaban J connectivity index is 1.55. The molecule has 26 heavy (non-hydrogen) atoms. The number of halogens is 1. The van der Waals surface area contributed by atoms with Crippen molar-refractivity contribution in [3.63, 3.8) is 0 Å². The van der Waals surface area contributed by atoms with E-state index in [1.165, 1.54) is 12.1 Å². The minimum Gasteiger partial charge on any atom is -0.392 e. The topological polar surface area (TPSA) is 50.1 Å². The van der Waals surface area contributed by atoms with Gasteiger partial charge in [-0.05, 0) is 56.0 Å². The van der Waals surface area contributed by atoms with Gasteiger partial charge in [0.25, 0.3) is 0 Å². The molecule has 4 rings (SSSR count). The zero-order chi connectivity index (χ0) is 17.9. The van der Waals surface area contributed by atoms with Crippen LogP contribution >= 0.6 is 0 Å². The maximum Gasteiger partial charge on any atom is 0.123 e. The van der Waals surface area contributed by atoms with Gasteiger partial charge in [0.1, 0.15) is 5.82 Å². The molecule has 0 aliphatic carbocycles. The number of aromatic nitrogens is 2. The molecule has 0 unspecified atom stereocenters. The number of fused-ring (bicyclic) bond motifs is 1. The molecule has 3 aromatic rings. The molecule has 0 amide bonds. The van der Waals surface area contributed by atoms with E-state index in [9.17, 15) is 9.50 Å². The predicted molar refractivity (Wildman–Crippen MR) is 101 cm³/mol. The summed E-state index contributed by atoms with van der Waals surface area (Å²) in [6.45, 7) is 1.84. The van der Waals surface area contributed by atoms with Crippen LogP contribution in [0.25, 0.3) is 22.2 Å². The number of aryl methyl sites for hydroxylation is 1. The van der Waals surface area contributed by atoms with Crippen molar-refractivity contribution in [2.24, 2.45) is 0 Å². The third-order valence-corrected chi connectivity index (χ3v) is 5.26. The van der Waals surface area contributed by atoms with Crippen molar-refractivity contribution in [2.75, 3.05) is 6.54 Å². The highest BCUT2D eigenvalue weighted by Gasteiger charge is 2.21. The zero-order valence-electron chi connectivity index (χ0n) is 14.7. The molecule has 2 N–H and O–H groups in total. The van der Waals surface area contributed by atoms with Crippen molar-refractivity contribution >= 4 is 11.0 Å². The maximum absolute atomic E-state index is 13.3. The van der Waals surface area contributed by atoms with Crippen LogP contribution in [0.4, 0.5) is 4.39 Å². The molecule has 4 nitrogen and oxygen atoms in total. The number of benzene rings is 2. The van der Waals surface area contributed by atoms with Gasteiger partial charge in [-0.1, -0.05) is 24.3 Å². The first-order valence-electron chi connectivity index (χ1n) is 9.33. The third-order valence-electron chi connectivity index (χ3n) is 5.26. The van der Waals surface area contributed by atoms with Gasteiger partial charge in [-0.15, -0.1) is 0 Å². The van der Waals surface area contributed by atoms with E-state index in [1.54, 1.807) is 0 Å². The van der Waals surface area contributed by atoms with Crippen molar-refractivity contribution in [1.82, 2.24) is 14.9 Å². The molecule has 136 valence electrons. The Hall–Kier alpha value is -2.24. The van der Waals surface area contributed by atoms with Crippen LogP contribution in [0.1, 0.15) is 25.7 Å². The van der Waals surface area contributed by atoms with Gasteiger partial charge < -0.3 is 15.0 Å². The summed E-state index contributed by atoms with van der Waals surface area (Å²) in [5.74, 6) is -0.229. The molecular weight excluding hydrogens is 329 g/mol. The minimum absolute atomic E-state index is 0.190. The van der Waals surface area contributed by atoms with Crippen molar-refractivity contribution < 1.29 is 9.50 Å². The van der Waals surface area contributed by atoms with Crippen LogP contribution in [-0.4, -0.2) is 33.3 Å². The van der Waals surface area contributed by atoms with Crippen LogP contribution in [-0.2, 0) is 6.54 Å². The number of para-hydroxylation sites is 1. The Morgan fingerprint density at radius 2 is 2.04 bits per heavy atom. The molecule has 1 aliphatic heterocycles. The normalized spacial score (nSPS) is 20.5. The number of nitrogens with one attached hydrogen (secondary N) is 1. The number of piperidine rings is 1. The summed E-state index contributed by atoms with van der Waals surface area (Å²) in [5, 5.41) is 13.5. The molecule has 0 saturated carbocycles. The van der Waals surface area contributed by atoms with E-state index in [2.05, 4.69) is 20.9 Å². The van der Waals surface area contributed by atoms with Crippen molar-refractivity contribution in [1.29, 1.82) is 0 Å². The van der Waals surface area contributed by atoms with Crippen molar-refractivity contribution in [2.45, 2.75) is 44.4 Å². The summed E-state index contributed by atoms with van der Waals surface area (Å²) in [6.07, 6.45) is 5.49. The van der Waals surface area contributed by atoms with E-state index < -0.39 is 0 Å². The van der Waals surface area contributed by atoms with Gasteiger partial charge >= 0.3 is 0 Å². The first-order chi connectivity index (χ1) is 12.7. The Labute approximate surface area is 152 Å². The summed E-state index contributed by atoms with van der Waals surface area (Å²) in [4.78, 5) is 4.53. The second kappa shape index (κ2) is 7.56. The maximum atomic E-state index is 13.3. The van der Waals surface area contributed by atoms with Crippen LogP contribution in [0.5, 0.6) is 0 Å². The molecule has 0 spiro atoms. The zero-order valence-corrected chi connectivity index (χ0v) is 14.7. The fourth-order valence-electron chi connectivity index (χ4n) is 3.87. The Morgan fingerprint density at radius 3 is 2.85 bits per heavy atom. The fourth-order valence-corrected chi connectivity index (χ4v) is 3.87. The lowest BCUT2D eigenvalue weighted by molar-refractivity contribution is 0.0909. The summed E-state index contributed by atoms with van der Waals surface area (Å²) in [6, 6.07) is 12.8. The fraction of sp³-hybridized carbons (Fsp3) is 0.381. The molecule has 1 aliphatic rings. The molecule has 0 bridgehead atoms. The lowest BCUT2D eigenvalue weighted by Gasteiger charge is -2.29. The average Bonchev–Trinajstić information content (AvgIpc) is 3.07. The Bertz CT molecular complexity index is 875. The number of imidazole rings is 1. The number of aliphatic hydroxyl groups excluding tert-OH is 1. The molecule has 0 radical (unpaired) electrons. The predicted octanol–water partition coefficient (Wildman–Crippen LogP) is 3.74. The van der Waals surface area contributed by atoms with Gasteiger partial charge in [-0.25, -0.2) is 9.37 Å². The Morgan fingerprint density at radius 1 is 1.19 bits per heavy atom. The molecule has 1 aromatic heterocycles. The largest absolute Gasteiger partial charge is 0.392 e. The van der Waals surface area contributed by atoms with E-state index in [4.69, 9.17) is 0 Å². The van der Waals surface area contributed by atoms with Gasteiger partial charge in [-0.2, -0.15) is 0 Å². The lowest BCUT2D eigenvalue weighted by Crippen LogP contribution is -2.44. The van der Waals surface area contributed by atoms with E-state index >= 15 is 0 Å². The smallest absolute Gasteiger partial charge is 0.123 e. The van der Waals surface area contributed by atoms with Crippen LogP contribution in [0.2, 0.25) is 0 Å². The van der Waals surface area contributed by atoms with Gasteiger partial charge in [0, 0.05) is 18.2 Å². The SMILES string of the molecule is O[C@H]1CCCN[C@@H]1CCCn1cnc2cccc(-c3ccc(F)cc3)c21. The quantitative estimate of drug-likeness (QED) is 0.735. The highest BCUT2D eigenvalue weighted by Crippen LogP contribution is 2.28. The molecule has 2 atom stereocenters. The number of rotatable bonds is 5. The van der Waals surface area contributed by atoms with Crippen molar-refractivity contribution in [3.05, 3.63) is 54.6 Å². The molecule has 2 heterocycles. The summed E-state index contributed by atoms with van der Waals surface area (Å²) < 4.78 is 15.4. The van der Waals surface area contributed by atoms with E-state index in [-0.39, 0.29) is 18.0 Å². The monoisotopic (exact) mass is 353 g/mol. The summed E-state index contributed by atoms with van der Waals surface area (Å²) in [5.41, 5.74) is 4.08. The molecule has 5 heteroatoms. The number of hydrogen-bond acceptors (Lipinski definition) is 3. The van der Waals surface area contributed by atoms with Gasteiger partial charge in [0.2, 0.25) is 0 Å². The summed E-state index contributed by atoms with van der Waals surface area (Å²) in [7, 11) is 0. The molecule has 2 aromatic carbocycles. The Kier molecular flexibility index (Phi) is 5.00. The number of nitrogens with zero attached hydrogens (tertiary/aromatic N) is 2. The van der Waals surface area contributed by atoms with E-state index in [1.807, 2.05) is 30.6 Å². The van der Waals surface area contributed by atoms with Crippen LogP contribution in [0.15, 0.2) is 48.8 Å². The van der Waals surface area contributed by atoms with Crippen LogP contribution in [0, 0.1) is 5.82 Å². The summed E-state index contributed by atoms with van der Waals surface area (Å²) >= 11 is 0. The standard InChI is InChI=1S/C21H24FN3O/c22-16-10-8-15(9-11-16)17-4-1-5-19-21(17)25(14-24-19)13-3-6-18-20(26)7-2-12-23-18/h1,4-5,8-11,14,18,20,23,26H,2-3,6-7,12-13H2/t18-,20+/m1/s1. The van der Waals surface area contributed by atoms with Gasteiger partial charge in [0.05, 0.1) is 23.5 Å². The van der Waals surface area contributed by atoms with Crippen LogP contribution in [0.3, 0.4) is 0 Å². The second-order valence-corrected chi connectivity index (χ2v) is 7.03. The first kappa shape index (κ1) is 17.2. The van der Waals surface area contributed by atoms with E-state index in [0.717, 1.165) is 60.9 Å². The number of aliphatic hydroxyl groups is 1. The van der Waals surface area contributed by atoms with Crippen molar-refractivity contribution in [3.8, 4) is 11.1 Å². The van der Waals surface area contributed by atoms with Gasteiger partial charge in [0.15, 0.2) is 0 Å². The lowest BCUT2D eigenvalue weighted by atomic mass is 9.97. The number of hydrogen-bond donors (Lipinski definition) is 2. The molecular formula is C21H24FN3O. The molecule has 1 saturated heterocycles. The molecule has 1 fully saturated rings. The third kappa shape index (κ3) is 3.50. The van der Waals surface area contributed by atoms with E-state index in [0.29, 0.717) is 0 Å². The van der Waals surface area contributed by atoms with Crippen LogP contribution < -0.4 is 5.32 Å². The highest BCUT2D eigenvalue weighted by atomic mass is 19.1.